The zero-order valence-corrected chi connectivity index (χ0v) is 7.22. The van der Waals surface area contributed by atoms with Gasteiger partial charge in [-0.05, 0) is 13.3 Å². The Balaban J connectivity index is 4.09. The Morgan fingerprint density at radius 2 is 2.18 bits per heavy atom. The van der Waals surface area contributed by atoms with Crippen LogP contribution in [0.25, 0.3) is 0 Å². The molecule has 0 aliphatic rings. The first-order valence-electron chi connectivity index (χ1n) is 3.70. The molecule has 1 unspecified atom stereocenters. The van der Waals surface area contributed by atoms with Gasteiger partial charge in [-0.3, -0.25) is 9.59 Å². The van der Waals surface area contributed by atoms with Crippen molar-refractivity contribution < 1.29 is 14.3 Å². The molecule has 0 N–H and O–H groups in total. The minimum Gasteiger partial charge on any atom is -0.452 e. The number of ether oxygens (including phenoxy) is 1. The second kappa shape index (κ2) is 4.11. The summed E-state index contributed by atoms with van der Waals surface area (Å²) < 4.78 is 4.82. The Morgan fingerprint density at radius 1 is 1.64 bits per heavy atom. The first kappa shape index (κ1) is 10.1. The van der Waals surface area contributed by atoms with Gasteiger partial charge in [0.05, 0.1) is 0 Å². The second-order valence-electron chi connectivity index (χ2n) is 2.77. The predicted molar refractivity (Wildman–Crippen MR) is 41.1 cm³/mol. The molecule has 1 atom stereocenters. The molecule has 0 heterocycles. The summed E-state index contributed by atoms with van der Waals surface area (Å²) >= 11 is 0. The molecule has 0 saturated carbocycles. The zero-order chi connectivity index (χ0) is 8.91. The number of carbonyl (C=O) groups is 2. The molecule has 0 aliphatic carbocycles. The molecule has 0 rings (SSSR count). The van der Waals surface area contributed by atoms with Crippen LogP contribution in [0.2, 0.25) is 0 Å². The van der Waals surface area contributed by atoms with Crippen molar-refractivity contribution in [1.29, 1.82) is 0 Å². The molecular formula is C8H14O3. The van der Waals surface area contributed by atoms with E-state index in [1.807, 2.05) is 6.92 Å². The van der Waals surface area contributed by atoms with Crippen LogP contribution >= 0.6 is 0 Å². The molecule has 0 saturated heterocycles. The van der Waals surface area contributed by atoms with E-state index in [9.17, 15) is 9.59 Å². The van der Waals surface area contributed by atoms with Crippen molar-refractivity contribution in [3.05, 3.63) is 0 Å². The van der Waals surface area contributed by atoms with Gasteiger partial charge in [0.1, 0.15) is 0 Å². The van der Waals surface area contributed by atoms with E-state index in [1.165, 1.54) is 6.92 Å². The molecule has 0 aromatic rings. The minimum atomic E-state index is -0.916. The van der Waals surface area contributed by atoms with Crippen molar-refractivity contribution in [1.82, 2.24) is 0 Å². The largest absolute Gasteiger partial charge is 0.452 e. The van der Waals surface area contributed by atoms with E-state index in [4.69, 9.17) is 4.74 Å². The lowest BCUT2D eigenvalue weighted by Crippen LogP contribution is -2.32. The van der Waals surface area contributed by atoms with Gasteiger partial charge in [0.2, 0.25) is 0 Å². The van der Waals surface area contributed by atoms with E-state index in [0.717, 1.165) is 6.42 Å². The van der Waals surface area contributed by atoms with Crippen LogP contribution in [0.1, 0.15) is 33.6 Å². The van der Waals surface area contributed by atoms with E-state index < -0.39 is 11.6 Å². The average molecular weight is 158 g/mol. The number of aldehydes is 1. The van der Waals surface area contributed by atoms with Crippen LogP contribution in [0.3, 0.4) is 0 Å². The first-order chi connectivity index (χ1) is 5.04. The minimum absolute atomic E-state index is 0.409. The number of rotatable bonds is 4. The van der Waals surface area contributed by atoms with E-state index in [-0.39, 0.29) is 0 Å². The molecule has 3 heteroatoms. The fourth-order valence-electron chi connectivity index (χ4n) is 0.959. The van der Waals surface area contributed by atoms with Gasteiger partial charge >= 0.3 is 5.97 Å². The summed E-state index contributed by atoms with van der Waals surface area (Å²) in [6.45, 7) is 4.85. The topological polar surface area (TPSA) is 43.4 Å². The Hall–Kier alpha value is -0.860. The Morgan fingerprint density at radius 3 is 2.45 bits per heavy atom. The molecule has 3 nitrogen and oxygen atoms in total. The third-order valence-corrected chi connectivity index (χ3v) is 1.37. The van der Waals surface area contributed by atoms with Gasteiger partial charge in [0, 0.05) is 6.92 Å². The third-order valence-electron chi connectivity index (χ3n) is 1.37. The maximum absolute atomic E-state index is 10.5. The summed E-state index contributed by atoms with van der Waals surface area (Å²) in [5.41, 5.74) is -0.916. The SMILES string of the molecule is CCCC(C)(C=O)OC(C)=O. The monoisotopic (exact) mass is 158 g/mol. The first-order valence-corrected chi connectivity index (χ1v) is 3.70. The van der Waals surface area contributed by atoms with Crippen LogP contribution in [0.5, 0.6) is 0 Å². The number of carbonyl (C=O) groups excluding carboxylic acids is 2. The Labute approximate surface area is 66.7 Å². The van der Waals surface area contributed by atoms with Crippen LogP contribution in [0, 0.1) is 0 Å². The van der Waals surface area contributed by atoms with E-state index in [2.05, 4.69) is 0 Å². The highest BCUT2D eigenvalue weighted by atomic mass is 16.6. The molecule has 64 valence electrons. The smallest absolute Gasteiger partial charge is 0.303 e. The third kappa shape index (κ3) is 3.75. The van der Waals surface area contributed by atoms with Crippen molar-refractivity contribution in [3.63, 3.8) is 0 Å². The van der Waals surface area contributed by atoms with Crippen molar-refractivity contribution in [3.8, 4) is 0 Å². The molecule has 0 spiro atoms. The summed E-state index contributed by atoms with van der Waals surface area (Å²) in [5.74, 6) is -0.409. The second-order valence-corrected chi connectivity index (χ2v) is 2.77. The van der Waals surface area contributed by atoms with Gasteiger partial charge in [0.25, 0.3) is 0 Å². The number of hydrogen-bond acceptors (Lipinski definition) is 3. The fourth-order valence-corrected chi connectivity index (χ4v) is 0.959. The fraction of sp³-hybridized carbons (Fsp3) is 0.750. The molecular weight excluding hydrogens is 144 g/mol. The van der Waals surface area contributed by atoms with Crippen molar-refractivity contribution in [2.24, 2.45) is 0 Å². The van der Waals surface area contributed by atoms with Crippen LogP contribution in [-0.2, 0) is 14.3 Å². The number of hydrogen-bond donors (Lipinski definition) is 0. The summed E-state index contributed by atoms with van der Waals surface area (Å²) in [6.07, 6.45) is 2.08. The number of esters is 1. The van der Waals surface area contributed by atoms with E-state index >= 15 is 0 Å². The highest BCUT2D eigenvalue weighted by Gasteiger charge is 2.25. The summed E-state index contributed by atoms with van der Waals surface area (Å²) in [4.78, 5) is 21.0. The summed E-state index contributed by atoms with van der Waals surface area (Å²) in [6, 6.07) is 0. The molecule has 0 radical (unpaired) electrons. The lowest BCUT2D eigenvalue weighted by atomic mass is 10.0. The van der Waals surface area contributed by atoms with Crippen LogP contribution < -0.4 is 0 Å². The van der Waals surface area contributed by atoms with Gasteiger partial charge in [-0.2, -0.15) is 0 Å². The lowest BCUT2D eigenvalue weighted by molar-refractivity contribution is -0.159. The zero-order valence-electron chi connectivity index (χ0n) is 7.22. The van der Waals surface area contributed by atoms with E-state index in [0.29, 0.717) is 12.7 Å². The Kier molecular flexibility index (Phi) is 3.79. The van der Waals surface area contributed by atoms with Gasteiger partial charge in [0.15, 0.2) is 11.9 Å². The standard InChI is InChI=1S/C8H14O3/c1-4-5-8(3,6-9)11-7(2)10/h6H,4-5H2,1-3H3. The van der Waals surface area contributed by atoms with Crippen molar-refractivity contribution in [2.75, 3.05) is 0 Å². The maximum Gasteiger partial charge on any atom is 0.303 e. The van der Waals surface area contributed by atoms with Gasteiger partial charge in [-0.1, -0.05) is 13.3 Å². The normalized spacial score (nSPS) is 15.2. The highest BCUT2D eigenvalue weighted by molar-refractivity contribution is 5.72. The van der Waals surface area contributed by atoms with E-state index in [1.54, 1.807) is 6.92 Å². The molecule has 0 aromatic heterocycles. The maximum atomic E-state index is 10.5. The molecule has 0 aliphatic heterocycles. The lowest BCUT2D eigenvalue weighted by Gasteiger charge is -2.21. The molecule has 0 bridgehead atoms. The summed E-state index contributed by atoms with van der Waals surface area (Å²) in [7, 11) is 0. The predicted octanol–water partition coefficient (Wildman–Crippen LogP) is 1.31. The average Bonchev–Trinajstić information content (AvgIpc) is 1.87. The van der Waals surface area contributed by atoms with Gasteiger partial charge in [-0.25, -0.2) is 0 Å². The quantitative estimate of drug-likeness (QED) is 0.457. The van der Waals surface area contributed by atoms with Crippen molar-refractivity contribution in [2.45, 2.75) is 39.2 Å². The van der Waals surface area contributed by atoms with Crippen LogP contribution in [-0.4, -0.2) is 17.9 Å². The molecule has 11 heavy (non-hydrogen) atoms. The summed E-state index contributed by atoms with van der Waals surface area (Å²) in [5, 5.41) is 0. The molecule has 0 aromatic carbocycles. The van der Waals surface area contributed by atoms with Crippen molar-refractivity contribution >= 4 is 12.3 Å². The van der Waals surface area contributed by atoms with Gasteiger partial charge in [-0.15, -0.1) is 0 Å². The molecule has 0 fully saturated rings. The van der Waals surface area contributed by atoms with Crippen LogP contribution in [0.4, 0.5) is 0 Å². The molecule has 0 amide bonds. The van der Waals surface area contributed by atoms with Crippen LogP contribution in [0.15, 0.2) is 0 Å². The Bertz CT molecular complexity index is 153. The van der Waals surface area contributed by atoms with Gasteiger partial charge < -0.3 is 4.74 Å². The highest BCUT2D eigenvalue weighted by Crippen LogP contribution is 2.14.